The molecule has 0 amide bonds. The van der Waals surface area contributed by atoms with Crippen molar-refractivity contribution in [3.8, 4) is 11.5 Å². The molecule has 0 saturated carbocycles. The van der Waals surface area contributed by atoms with E-state index in [0.29, 0.717) is 11.5 Å². The van der Waals surface area contributed by atoms with E-state index in [1.165, 1.54) is 0 Å². The highest BCUT2D eigenvalue weighted by Crippen LogP contribution is 2.61. The van der Waals surface area contributed by atoms with Gasteiger partial charge in [-0.3, -0.25) is 0 Å². The molecule has 110 valence electrons. The predicted octanol–water partition coefficient (Wildman–Crippen LogP) is 3.98. The molecule has 3 nitrogen and oxygen atoms in total. The topological polar surface area (TPSA) is 35.5 Å². The Kier molecular flexibility index (Phi) is 4.29. The zero-order chi connectivity index (χ0) is 15.1. The van der Waals surface area contributed by atoms with E-state index in [1.807, 2.05) is 6.07 Å². The van der Waals surface area contributed by atoms with Crippen LogP contribution in [-0.4, -0.2) is 24.6 Å². The van der Waals surface area contributed by atoms with Gasteiger partial charge in [0.05, 0.1) is 23.0 Å². The van der Waals surface area contributed by atoms with E-state index in [-0.39, 0.29) is 4.08 Å². The van der Waals surface area contributed by atoms with E-state index in [9.17, 15) is 4.79 Å². The van der Waals surface area contributed by atoms with Gasteiger partial charge in [0.25, 0.3) is 0 Å². The fourth-order valence-corrected chi connectivity index (χ4v) is 5.35. The van der Waals surface area contributed by atoms with Crippen molar-refractivity contribution in [1.29, 1.82) is 0 Å². The number of carbonyl (C=O) groups is 1. The minimum Gasteiger partial charge on any atom is -0.493 e. The average Bonchev–Trinajstić information content (AvgIpc) is 2.69. The lowest BCUT2D eigenvalue weighted by atomic mass is 9.99. The first-order valence-corrected chi connectivity index (χ1v) is 8.20. The molecule has 0 radical (unpaired) electrons. The second-order valence-electron chi connectivity index (χ2n) is 5.18. The van der Waals surface area contributed by atoms with Crippen molar-refractivity contribution >= 4 is 42.4 Å². The summed E-state index contributed by atoms with van der Waals surface area (Å²) < 4.78 is 10.0. The fourth-order valence-electron chi connectivity index (χ4n) is 2.18. The monoisotopic (exact) mass is 330 g/mol. The van der Waals surface area contributed by atoms with Gasteiger partial charge in [0.15, 0.2) is 11.5 Å². The Labute approximate surface area is 133 Å². The standard InChI is InChI=1S/C14H18O3S3/c1-13(2)19-9-6-8(16-4)11(17-5)10(12(9)20-13)14(3,18)7-15/h6-7,18H,1-5H3. The summed E-state index contributed by atoms with van der Waals surface area (Å²) in [6.07, 6.45) is 0.838. The van der Waals surface area contributed by atoms with Crippen molar-refractivity contribution in [1.82, 2.24) is 0 Å². The molecular weight excluding hydrogens is 312 g/mol. The maximum atomic E-state index is 11.5. The summed E-state index contributed by atoms with van der Waals surface area (Å²) >= 11 is 8.01. The zero-order valence-electron chi connectivity index (χ0n) is 12.1. The molecule has 0 aromatic heterocycles. The lowest BCUT2D eigenvalue weighted by Crippen LogP contribution is -2.18. The maximum Gasteiger partial charge on any atom is 0.166 e. The number of thioether (sulfide) groups is 2. The maximum absolute atomic E-state index is 11.5. The Morgan fingerprint density at radius 1 is 1.30 bits per heavy atom. The summed E-state index contributed by atoms with van der Waals surface area (Å²) in [7, 11) is 3.18. The predicted molar refractivity (Wildman–Crippen MR) is 87.7 cm³/mol. The molecule has 0 saturated heterocycles. The van der Waals surface area contributed by atoms with Gasteiger partial charge in [0, 0.05) is 15.4 Å². The summed E-state index contributed by atoms with van der Waals surface area (Å²) in [6.45, 7) is 6.08. The molecule has 1 aliphatic rings. The van der Waals surface area contributed by atoms with Crippen LogP contribution in [0.3, 0.4) is 0 Å². The van der Waals surface area contributed by atoms with Crippen LogP contribution in [0.1, 0.15) is 26.3 Å². The second kappa shape index (κ2) is 5.39. The van der Waals surface area contributed by atoms with Crippen molar-refractivity contribution in [2.45, 2.75) is 39.4 Å². The third-order valence-electron chi connectivity index (χ3n) is 3.03. The van der Waals surface area contributed by atoms with E-state index in [2.05, 4.69) is 26.5 Å². The Hall–Kier alpha value is -0.460. The molecule has 2 rings (SSSR count). The number of benzene rings is 1. The number of methoxy groups -OCH3 is 2. The minimum atomic E-state index is -0.919. The molecule has 1 aromatic carbocycles. The van der Waals surface area contributed by atoms with Crippen LogP contribution in [0.15, 0.2) is 15.9 Å². The van der Waals surface area contributed by atoms with Gasteiger partial charge in [-0.15, -0.1) is 23.5 Å². The molecule has 0 bridgehead atoms. The molecule has 0 spiro atoms. The first-order chi connectivity index (χ1) is 9.25. The number of rotatable bonds is 4. The van der Waals surface area contributed by atoms with E-state index in [0.717, 1.165) is 21.6 Å². The summed E-state index contributed by atoms with van der Waals surface area (Å²) in [5.74, 6) is 1.22. The van der Waals surface area contributed by atoms with Crippen molar-refractivity contribution in [2.75, 3.05) is 14.2 Å². The Balaban J connectivity index is 2.76. The van der Waals surface area contributed by atoms with Gasteiger partial charge in [-0.1, -0.05) is 0 Å². The van der Waals surface area contributed by atoms with Gasteiger partial charge >= 0.3 is 0 Å². The van der Waals surface area contributed by atoms with Crippen LogP contribution in [0, 0.1) is 0 Å². The molecule has 1 heterocycles. The number of aldehydes is 1. The molecule has 6 heteroatoms. The SMILES string of the molecule is COc1cc2c(c(C(C)(S)C=O)c1OC)SC(C)(C)S2. The molecule has 1 aromatic rings. The van der Waals surface area contributed by atoms with Crippen LogP contribution in [0.25, 0.3) is 0 Å². The lowest BCUT2D eigenvalue weighted by Gasteiger charge is -2.24. The van der Waals surface area contributed by atoms with E-state index < -0.39 is 4.75 Å². The normalized spacial score (nSPS) is 19.1. The molecule has 20 heavy (non-hydrogen) atoms. The third kappa shape index (κ3) is 2.65. The zero-order valence-corrected chi connectivity index (χ0v) is 14.7. The van der Waals surface area contributed by atoms with E-state index in [1.54, 1.807) is 44.7 Å². The molecule has 0 N–H and O–H groups in total. The quantitative estimate of drug-likeness (QED) is 0.667. The number of carbonyl (C=O) groups excluding carboxylic acids is 1. The average molecular weight is 330 g/mol. The number of hydrogen-bond donors (Lipinski definition) is 1. The van der Waals surface area contributed by atoms with Crippen molar-refractivity contribution in [2.24, 2.45) is 0 Å². The van der Waals surface area contributed by atoms with Crippen molar-refractivity contribution in [3.05, 3.63) is 11.6 Å². The lowest BCUT2D eigenvalue weighted by molar-refractivity contribution is -0.109. The number of hydrogen-bond acceptors (Lipinski definition) is 6. The van der Waals surface area contributed by atoms with Crippen LogP contribution in [0.2, 0.25) is 0 Å². The second-order valence-corrected chi connectivity index (χ2v) is 9.67. The largest absolute Gasteiger partial charge is 0.493 e. The van der Waals surface area contributed by atoms with Crippen molar-refractivity contribution in [3.63, 3.8) is 0 Å². The van der Waals surface area contributed by atoms with E-state index >= 15 is 0 Å². The fraction of sp³-hybridized carbons (Fsp3) is 0.500. The Bertz CT molecular complexity index is 553. The number of ether oxygens (including phenoxy) is 2. The van der Waals surface area contributed by atoms with Crippen LogP contribution in [-0.2, 0) is 9.54 Å². The Morgan fingerprint density at radius 3 is 2.45 bits per heavy atom. The van der Waals surface area contributed by atoms with Crippen molar-refractivity contribution < 1.29 is 14.3 Å². The molecule has 1 aliphatic heterocycles. The van der Waals surface area contributed by atoms with Crippen LogP contribution < -0.4 is 9.47 Å². The van der Waals surface area contributed by atoms with Gasteiger partial charge in [-0.25, -0.2) is 0 Å². The smallest absolute Gasteiger partial charge is 0.166 e. The number of thiol groups is 1. The third-order valence-corrected chi connectivity index (χ3v) is 6.14. The van der Waals surface area contributed by atoms with Gasteiger partial charge in [-0.2, -0.15) is 12.6 Å². The molecule has 1 unspecified atom stereocenters. The summed E-state index contributed by atoms with van der Waals surface area (Å²) in [6, 6.07) is 1.97. The summed E-state index contributed by atoms with van der Waals surface area (Å²) in [4.78, 5) is 13.6. The van der Waals surface area contributed by atoms with Crippen LogP contribution in [0.5, 0.6) is 11.5 Å². The van der Waals surface area contributed by atoms with Gasteiger partial charge < -0.3 is 14.3 Å². The van der Waals surface area contributed by atoms with Gasteiger partial charge in [0.2, 0.25) is 0 Å². The molecular formula is C14H18O3S3. The summed E-state index contributed by atoms with van der Waals surface area (Å²) in [5.41, 5.74) is 0.788. The highest BCUT2D eigenvalue weighted by atomic mass is 32.2. The summed E-state index contributed by atoms with van der Waals surface area (Å²) in [5, 5.41) is 0. The highest BCUT2D eigenvalue weighted by molar-refractivity contribution is 8.20. The highest BCUT2D eigenvalue weighted by Gasteiger charge is 2.40. The minimum absolute atomic E-state index is 0.0151. The first-order valence-electron chi connectivity index (χ1n) is 6.12. The molecule has 0 fully saturated rings. The van der Waals surface area contributed by atoms with Crippen LogP contribution in [0.4, 0.5) is 0 Å². The molecule has 1 atom stereocenters. The van der Waals surface area contributed by atoms with E-state index in [4.69, 9.17) is 9.47 Å². The first kappa shape index (κ1) is 15.9. The molecule has 0 aliphatic carbocycles. The van der Waals surface area contributed by atoms with Gasteiger partial charge in [0.1, 0.15) is 6.29 Å². The van der Waals surface area contributed by atoms with Crippen LogP contribution >= 0.6 is 36.2 Å². The Morgan fingerprint density at radius 2 is 1.95 bits per heavy atom. The van der Waals surface area contributed by atoms with Gasteiger partial charge in [-0.05, 0) is 26.8 Å². The number of fused-ring (bicyclic) bond motifs is 1.